The third kappa shape index (κ3) is 1.87. The lowest BCUT2D eigenvalue weighted by Crippen LogP contribution is -1.91. The molecule has 1 heterocycles. The molecule has 0 fully saturated rings. The van der Waals surface area contributed by atoms with Crippen molar-refractivity contribution in [3.05, 3.63) is 22.2 Å². The molecule has 1 aromatic rings. The molecule has 0 aliphatic rings. The van der Waals surface area contributed by atoms with Gasteiger partial charge >= 0.3 is 0 Å². The summed E-state index contributed by atoms with van der Waals surface area (Å²) in [6, 6.07) is 1.45. The minimum Gasteiger partial charge on any atom is -0.216 e. The molecule has 0 radical (unpaired) electrons. The van der Waals surface area contributed by atoms with Crippen molar-refractivity contribution in [2.75, 3.05) is 0 Å². The minimum atomic E-state index is 0.302. The Morgan fingerprint density at radius 3 is 2.20 bits per heavy atom. The molecule has 0 aliphatic heterocycles. The Bertz CT molecular complexity index is 244. The van der Waals surface area contributed by atoms with E-state index in [-0.39, 0.29) is 0 Å². The molecule has 0 aliphatic carbocycles. The van der Waals surface area contributed by atoms with Crippen LogP contribution in [0.4, 0.5) is 0 Å². The van der Waals surface area contributed by atoms with Crippen LogP contribution in [0.25, 0.3) is 0 Å². The summed E-state index contributed by atoms with van der Waals surface area (Å²) in [6.07, 6.45) is 0. The first-order chi connectivity index (χ1) is 4.72. The third-order valence-electron chi connectivity index (χ3n) is 0.786. The van der Waals surface area contributed by atoms with Crippen molar-refractivity contribution < 1.29 is 0 Å². The van der Waals surface area contributed by atoms with Crippen LogP contribution < -0.4 is 0 Å². The van der Waals surface area contributed by atoms with Crippen LogP contribution in [-0.2, 0) is 0 Å². The van der Waals surface area contributed by atoms with Crippen molar-refractivity contribution in [1.82, 2.24) is 9.97 Å². The summed E-state index contributed by atoms with van der Waals surface area (Å²) < 4.78 is 0. The van der Waals surface area contributed by atoms with E-state index in [1.807, 2.05) is 0 Å². The highest BCUT2D eigenvalue weighted by Gasteiger charge is 1.96. The molecule has 0 atom stereocenters. The summed E-state index contributed by atoms with van der Waals surface area (Å²) in [7, 11) is 0. The fourth-order valence-corrected chi connectivity index (χ4v) is 1.00. The van der Waals surface area contributed by atoms with Crippen LogP contribution in [0.5, 0.6) is 0 Å². The number of thiocarbonyl (C=S) groups is 1. The summed E-state index contributed by atoms with van der Waals surface area (Å²) >= 11 is 15.6. The van der Waals surface area contributed by atoms with Gasteiger partial charge in [-0.3, -0.25) is 0 Å². The minimum absolute atomic E-state index is 0.302. The van der Waals surface area contributed by atoms with Gasteiger partial charge in [-0.05, 0) is 0 Å². The highest BCUT2D eigenvalue weighted by Crippen LogP contribution is 2.10. The van der Waals surface area contributed by atoms with E-state index in [0.717, 1.165) is 0 Å². The Morgan fingerprint density at radius 1 is 1.30 bits per heavy atom. The van der Waals surface area contributed by atoms with Gasteiger partial charge in [-0.1, -0.05) is 35.4 Å². The van der Waals surface area contributed by atoms with Crippen molar-refractivity contribution in [3.8, 4) is 0 Å². The standard InChI is InChI=1S/C5H2Cl2N2S/c6-3-1-4(7)9-5(2-10)8-3/h1-2H. The van der Waals surface area contributed by atoms with Crippen LogP contribution >= 0.6 is 35.4 Å². The van der Waals surface area contributed by atoms with E-state index >= 15 is 0 Å². The van der Waals surface area contributed by atoms with Gasteiger partial charge in [0.1, 0.15) is 10.3 Å². The van der Waals surface area contributed by atoms with Crippen LogP contribution in [0.1, 0.15) is 5.82 Å². The van der Waals surface area contributed by atoms with E-state index in [4.69, 9.17) is 23.2 Å². The van der Waals surface area contributed by atoms with Gasteiger partial charge in [0.2, 0.25) is 0 Å². The number of aromatic nitrogens is 2. The Hall–Kier alpha value is -0.250. The Kier molecular flexibility index (Phi) is 2.54. The molecule has 0 saturated carbocycles. The molecular weight excluding hydrogens is 191 g/mol. The highest BCUT2D eigenvalue weighted by molar-refractivity contribution is 7.79. The molecule has 2 nitrogen and oxygen atoms in total. The van der Waals surface area contributed by atoms with Gasteiger partial charge in [-0.2, -0.15) is 0 Å². The van der Waals surface area contributed by atoms with Crippen LogP contribution in [0.15, 0.2) is 6.07 Å². The Labute approximate surface area is 73.2 Å². The lowest BCUT2D eigenvalue weighted by Gasteiger charge is -1.92. The zero-order valence-electron chi connectivity index (χ0n) is 4.71. The first-order valence-corrected chi connectivity index (χ1v) is 3.60. The molecule has 1 rings (SSSR count). The molecule has 0 saturated heterocycles. The molecular formula is C5H2Cl2N2S. The molecule has 52 valence electrons. The topological polar surface area (TPSA) is 25.8 Å². The first-order valence-electron chi connectivity index (χ1n) is 2.37. The number of nitrogens with zero attached hydrogens (tertiary/aromatic N) is 2. The van der Waals surface area contributed by atoms with E-state index in [1.165, 1.54) is 11.4 Å². The summed E-state index contributed by atoms with van der Waals surface area (Å²) in [5.41, 5.74) is 0. The number of rotatable bonds is 1. The fraction of sp³-hybridized carbons (Fsp3) is 0. The van der Waals surface area contributed by atoms with Crippen molar-refractivity contribution in [3.63, 3.8) is 0 Å². The average Bonchev–Trinajstić information content (AvgIpc) is 1.85. The first kappa shape index (κ1) is 7.85. The number of hydrogen-bond acceptors (Lipinski definition) is 3. The summed E-state index contributed by atoms with van der Waals surface area (Å²) in [4.78, 5) is 7.53. The predicted molar refractivity (Wildman–Crippen MR) is 44.8 cm³/mol. The van der Waals surface area contributed by atoms with Gasteiger partial charge in [0.15, 0.2) is 5.82 Å². The highest BCUT2D eigenvalue weighted by atomic mass is 35.5. The van der Waals surface area contributed by atoms with Crippen LogP contribution in [-0.4, -0.2) is 15.3 Å². The maximum atomic E-state index is 5.53. The summed E-state index contributed by atoms with van der Waals surface area (Å²) in [5, 5.41) is 1.92. The van der Waals surface area contributed by atoms with E-state index in [1.54, 1.807) is 0 Å². The van der Waals surface area contributed by atoms with Crippen LogP contribution in [0.3, 0.4) is 0 Å². The van der Waals surface area contributed by atoms with Gasteiger partial charge in [0.05, 0.1) is 0 Å². The maximum absolute atomic E-state index is 5.53. The Balaban J connectivity index is 3.18. The molecule has 0 amide bonds. The molecule has 0 unspecified atom stereocenters. The van der Waals surface area contributed by atoms with Crippen molar-refractivity contribution in [2.24, 2.45) is 0 Å². The largest absolute Gasteiger partial charge is 0.216 e. The molecule has 0 aromatic carbocycles. The van der Waals surface area contributed by atoms with E-state index in [0.29, 0.717) is 16.1 Å². The SMILES string of the molecule is S=Cc1nc(Cl)cc(Cl)n1. The van der Waals surface area contributed by atoms with Crippen molar-refractivity contribution >= 4 is 40.8 Å². The average molecular weight is 193 g/mol. The van der Waals surface area contributed by atoms with Gasteiger partial charge in [0, 0.05) is 11.4 Å². The van der Waals surface area contributed by atoms with E-state index < -0.39 is 0 Å². The molecule has 1 aromatic heterocycles. The second-order valence-electron chi connectivity index (χ2n) is 1.49. The second-order valence-corrected chi connectivity index (χ2v) is 2.50. The zero-order valence-corrected chi connectivity index (χ0v) is 7.04. The maximum Gasteiger partial charge on any atom is 0.166 e. The lowest BCUT2D eigenvalue weighted by atomic mass is 10.6. The van der Waals surface area contributed by atoms with Gasteiger partial charge in [-0.25, -0.2) is 9.97 Å². The van der Waals surface area contributed by atoms with Gasteiger partial charge in [-0.15, -0.1) is 0 Å². The second kappa shape index (κ2) is 3.23. The molecule has 0 spiro atoms. The quantitative estimate of drug-likeness (QED) is 0.504. The van der Waals surface area contributed by atoms with Gasteiger partial charge < -0.3 is 0 Å². The monoisotopic (exact) mass is 192 g/mol. The van der Waals surface area contributed by atoms with Crippen molar-refractivity contribution in [2.45, 2.75) is 0 Å². The molecule has 0 bridgehead atoms. The molecule has 5 heteroatoms. The molecule has 10 heavy (non-hydrogen) atoms. The lowest BCUT2D eigenvalue weighted by molar-refractivity contribution is 1.15. The number of halogens is 2. The van der Waals surface area contributed by atoms with E-state index in [2.05, 4.69) is 22.2 Å². The third-order valence-corrected chi connectivity index (χ3v) is 1.38. The van der Waals surface area contributed by atoms with Gasteiger partial charge in [0.25, 0.3) is 0 Å². The number of hydrogen-bond donors (Lipinski definition) is 0. The van der Waals surface area contributed by atoms with Crippen LogP contribution in [0.2, 0.25) is 10.3 Å². The predicted octanol–water partition coefficient (Wildman–Crippen LogP) is 2.13. The van der Waals surface area contributed by atoms with Crippen LogP contribution in [0, 0.1) is 0 Å². The molecule has 0 N–H and O–H groups in total. The Morgan fingerprint density at radius 2 is 1.80 bits per heavy atom. The normalized spacial score (nSPS) is 9.40. The van der Waals surface area contributed by atoms with E-state index in [9.17, 15) is 0 Å². The van der Waals surface area contributed by atoms with Crippen molar-refractivity contribution in [1.29, 1.82) is 0 Å². The zero-order chi connectivity index (χ0) is 7.56. The summed E-state index contributed by atoms with van der Waals surface area (Å²) in [5.74, 6) is 0.368. The summed E-state index contributed by atoms with van der Waals surface area (Å²) in [6.45, 7) is 0. The smallest absolute Gasteiger partial charge is 0.166 e. The fourth-order valence-electron chi connectivity index (χ4n) is 0.459.